The first kappa shape index (κ1) is 11.5. The lowest BCUT2D eigenvalue weighted by molar-refractivity contribution is -0.384. The number of anilines is 1. The van der Waals surface area contributed by atoms with E-state index >= 15 is 0 Å². The summed E-state index contributed by atoms with van der Waals surface area (Å²) in [6.07, 6.45) is -0.732. The molecule has 1 aromatic rings. The lowest BCUT2D eigenvalue weighted by atomic mass is 10.1. The molecule has 0 bridgehead atoms. The van der Waals surface area contributed by atoms with Crippen molar-refractivity contribution in [3.8, 4) is 0 Å². The van der Waals surface area contributed by atoms with Gasteiger partial charge in [-0.2, -0.15) is 0 Å². The van der Waals surface area contributed by atoms with Crippen molar-refractivity contribution in [1.82, 2.24) is 0 Å². The molecule has 0 aromatic heterocycles. The number of rotatable bonds is 3. The Labute approximate surface area is 97.9 Å². The number of fused-ring (bicyclic) bond motifs is 1. The molecular formula is C11H12N2O4. The zero-order valence-corrected chi connectivity index (χ0v) is 9.54. The molecule has 1 unspecified atom stereocenters. The number of methoxy groups -OCH3 is 1. The summed E-state index contributed by atoms with van der Waals surface area (Å²) in [4.78, 5) is 23.8. The fourth-order valence-corrected chi connectivity index (χ4v) is 2.13. The molecule has 0 saturated carbocycles. The van der Waals surface area contributed by atoms with Crippen LogP contribution >= 0.6 is 0 Å². The molecule has 6 heteroatoms. The van der Waals surface area contributed by atoms with E-state index in [4.69, 9.17) is 4.74 Å². The van der Waals surface area contributed by atoms with Crippen LogP contribution in [0.4, 0.5) is 11.4 Å². The fourth-order valence-electron chi connectivity index (χ4n) is 2.13. The second kappa shape index (κ2) is 4.14. The maximum Gasteiger partial charge on any atom is 0.293 e. The molecule has 6 nitrogen and oxygen atoms in total. The Morgan fingerprint density at radius 1 is 1.53 bits per heavy atom. The molecule has 0 fully saturated rings. The third-order valence-corrected chi connectivity index (χ3v) is 2.84. The molecule has 1 amide bonds. The molecule has 0 radical (unpaired) electrons. The maximum absolute atomic E-state index is 12.0. The number of para-hydroxylation sites is 1. The van der Waals surface area contributed by atoms with Crippen molar-refractivity contribution < 1.29 is 14.5 Å². The van der Waals surface area contributed by atoms with E-state index in [0.717, 1.165) is 0 Å². The van der Waals surface area contributed by atoms with Gasteiger partial charge in [-0.15, -0.1) is 0 Å². The van der Waals surface area contributed by atoms with Crippen LogP contribution in [0.25, 0.3) is 0 Å². The number of carbonyl (C=O) groups is 1. The van der Waals surface area contributed by atoms with E-state index in [0.29, 0.717) is 17.8 Å². The van der Waals surface area contributed by atoms with Gasteiger partial charge in [0.2, 0.25) is 0 Å². The summed E-state index contributed by atoms with van der Waals surface area (Å²) in [7, 11) is 1.42. The highest BCUT2D eigenvalue weighted by atomic mass is 16.6. The number of amides is 1. The molecule has 90 valence electrons. The van der Waals surface area contributed by atoms with Gasteiger partial charge in [0.25, 0.3) is 11.6 Å². The van der Waals surface area contributed by atoms with Crippen LogP contribution in [0.15, 0.2) is 18.2 Å². The number of nitro benzene ring substituents is 1. The zero-order valence-electron chi connectivity index (χ0n) is 9.54. The maximum atomic E-state index is 12.0. The first-order valence-corrected chi connectivity index (χ1v) is 5.23. The van der Waals surface area contributed by atoms with Gasteiger partial charge in [0.05, 0.1) is 4.92 Å². The van der Waals surface area contributed by atoms with Gasteiger partial charge in [-0.3, -0.25) is 14.9 Å². The molecule has 17 heavy (non-hydrogen) atoms. The van der Waals surface area contributed by atoms with E-state index in [1.807, 2.05) is 0 Å². The number of nitrogens with zero attached hydrogens (tertiary/aromatic N) is 2. The molecule has 0 N–H and O–H groups in total. The number of likely N-dealkylation sites (N-methyl/N-ethyl adjacent to an activating group) is 1. The highest BCUT2D eigenvalue weighted by molar-refractivity contribution is 6.06. The van der Waals surface area contributed by atoms with E-state index in [1.165, 1.54) is 18.1 Å². The summed E-state index contributed by atoms with van der Waals surface area (Å²) in [5.74, 6) is -0.251. The van der Waals surface area contributed by atoms with Crippen molar-refractivity contribution in [2.45, 2.75) is 13.0 Å². The van der Waals surface area contributed by atoms with Crippen molar-refractivity contribution in [1.29, 1.82) is 0 Å². The van der Waals surface area contributed by atoms with Crippen molar-refractivity contribution in [3.63, 3.8) is 0 Å². The molecular weight excluding hydrogens is 224 g/mol. The van der Waals surface area contributed by atoms with Crippen LogP contribution < -0.4 is 4.90 Å². The SMILES string of the molecule is CCN1C(=O)C(OC)c2cccc([N+](=O)[O-])c21. The summed E-state index contributed by atoms with van der Waals surface area (Å²) in [5, 5.41) is 11.0. The van der Waals surface area contributed by atoms with E-state index < -0.39 is 11.0 Å². The van der Waals surface area contributed by atoms with E-state index in [9.17, 15) is 14.9 Å². The average Bonchev–Trinajstić information content (AvgIpc) is 2.59. The Morgan fingerprint density at radius 3 is 2.76 bits per heavy atom. The lowest BCUT2D eigenvalue weighted by Crippen LogP contribution is -2.29. The minimum Gasteiger partial charge on any atom is -0.367 e. The molecule has 1 atom stereocenters. The highest BCUT2D eigenvalue weighted by Gasteiger charge is 2.41. The second-order valence-corrected chi connectivity index (χ2v) is 3.67. The Hall–Kier alpha value is -1.95. The Balaban J connectivity index is 2.65. The largest absolute Gasteiger partial charge is 0.367 e. The number of hydrogen-bond acceptors (Lipinski definition) is 4. The van der Waals surface area contributed by atoms with E-state index in [2.05, 4.69) is 0 Å². The molecule has 0 spiro atoms. The number of hydrogen-bond donors (Lipinski definition) is 0. The Kier molecular flexibility index (Phi) is 2.81. The summed E-state index contributed by atoms with van der Waals surface area (Å²) in [6, 6.07) is 4.65. The number of nitro groups is 1. The van der Waals surface area contributed by atoms with Gasteiger partial charge in [-0.25, -0.2) is 0 Å². The van der Waals surface area contributed by atoms with Crippen LogP contribution in [0.2, 0.25) is 0 Å². The van der Waals surface area contributed by atoms with Crippen LogP contribution in [0, 0.1) is 10.1 Å². The molecule has 1 heterocycles. The van der Waals surface area contributed by atoms with Gasteiger partial charge in [0, 0.05) is 25.3 Å². The monoisotopic (exact) mass is 236 g/mol. The highest BCUT2D eigenvalue weighted by Crippen LogP contribution is 2.43. The van der Waals surface area contributed by atoms with Gasteiger partial charge in [-0.05, 0) is 6.92 Å². The van der Waals surface area contributed by atoms with Gasteiger partial charge >= 0.3 is 0 Å². The predicted octanol–water partition coefficient (Wildman–Crippen LogP) is 1.65. The number of benzene rings is 1. The van der Waals surface area contributed by atoms with Crippen LogP contribution in [-0.4, -0.2) is 24.5 Å². The average molecular weight is 236 g/mol. The van der Waals surface area contributed by atoms with Crippen molar-refractivity contribution in [3.05, 3.63) is 33.9 Å². The minimum absolute atomic E-state index is 0.0581. The summed E-state index contributed by atoms with van der Waals surface area (Å²) < 4.78 is 5.10. The second-order valence-electron chi connectivity index (χ2n) is 3.67. The van der Waals surface area contributed by atoms with Gasteiger partial charge < -0.3 is 9.64 Å². The molecule has 1 aliphatic heterocycles. The third-order valence-electron chi connectivity index (χ3n) is 2.84. The van der Waals surface area contributed by atoms with Crippen molar-refractivity contribution in [2.75, 3.05) is 18.6 Å². The zero-order chi connectivity index (χ0) is 12.6. The van der Waals surface area contributed by atoms with E-state index in [1.54, 1.807) is 19.1 Å². The standard InChI is InChI=1S/C11H12N2O4/c1-3-12-9-7(10(17-2)11(12)14)5-4-6-8(9)13(15)16/h4-6,10H,3H2,1-2H3. The minimum atomic E-state index is -0.732. The van der Waals surface area contributed by atoms with Crippen LogP contribution in [-0.2, 0) is 9.53 Å². The molecule has 1 aromatic carbocycles. The predicted molar refractivity (Wildman–Crippen MR) is 60.9 cm³/mol. The first-order chi connectivity index (χ1) is 8.11. The summed E-state index contributed by atoms with van der Waals surface area (Å²) in [5.41, 5.74) is 0.864. The topological polar surface area (TPSA) is 72.7 Å². The number of ether oxygens (including phenoxy) is 1. The Bertz CT molecular complexity index is 486. The van der Waals surface area contributed by atoms with Crippen molar-refractivity contribution >= 4 is 17.3 Å². The molecule has 1 aliphatic rings. The van der Waals surface area contributed by atoms with Gasteiger partial charge in [0.15, 0.2) is 6.10 Å². The quantitative estimate of drug-likeness (QED) is 0.590. The third kappa shape index (κ3) is 1.57. The summed E-state index contributed by atoms with van der Waals surface area (Å²) in [6.45, 7) is 2.16. The lowest BCUT2D eigenvalue weighted by Gasteiger charge is -2.14. The van der Waals surface area contributed by atoms with Gasteiger partial charge in [0.1, 0.15) is 5.69 Å². The molecule has 0 saturated heterocycles. The molecule has 0 aliphatic carbocycles. The van der Waals surface area contributed by atoms with Crippen LogP contribution in [0.5, 0.6) is 0 Å². The fraction of sp³-hybridized carbons (Fsp3) is 0.364. The van der Waals surface area contributed by atoms with E-state index in [-0.39, 0.29) is 11.6 Å². The van der Waals surface area contributed by atoms with Crippen molar-refractivity contribution in [2.24, 2.45) is 0 Å². The number of carbonyl (C=O) groups excluding carboxylic acids is 1. The van der Waals surface area contributed by atoms with Crippen LogP contribution in [0.3, 0.4) is 0 Å². The smallest absolute Gasteiger partial charge is 0.293 e. The van der Waals surface area contributed by atoms with Crippen LogP contribution in [0.1, 0.15) is 18.6 Å². The van der Waals surface area contributed by atoms with Gasteiger partial charge in [-0.1, -0.05) is 12.1 Å². The Morgan fingerprint density at radius 2 is 2.24 bits per heavy atom. The summed E-state index contributed by atoms with van der Waals surface area (Å²) >= 11 is 0. The first-order valence-electron chi connectivity index (χ1n) is 5.23. The normalized spacial score (nSPS) is 18.4. The molecule has 2 rings (SSSR count).